The fourth-order valence-electron chi connectivity index (χ4n) is 1.75. The summed E-state index contributed by atoms with van der Waals surface area (Å²) in [5, 5.41) is 13.7. The summed E-state index contributed by atoms with van der Waals surface area (Å²) in [5.74, 6) is -0.231. The van der Waals surface area contributed by atoms with Crippen molar-refractivity contribution in [1.29, 1.82) is 5.26 Å². The van der Waals surface area contributed by atoms with Crippen LogP contribution in [0.25, 0.3) is 5.57 Å². The van der Waals surface area contributed by atoms with Crippen LogP contribution >= 0.6 is 11.3 Å². The molecule has 0 saturated heterocycles. The third-order valence-electron chi connectivity index (χ3n) is 2.74. The summed E-state index contributed by atoms with van der Waals surface area (Å²) in [7, 11) is 0. The lowest BCUT2D eigenvalue weighted by Gasteiger charge is -2.02. The Labute approximate surface area is 122 Å². The first-order chi connectivity index (χ1) is 9.79. The van der Waals surface area contributed by atoms with Crippen LogP contribution < -0.4 is 5.32 Å². The number of nitriles is 1. The summed E-state index contributed by atoms with van der Waals surface area (Å²) in [5.41, 5.74) is 1.58. The molecular formula is C16H14N2OS. The Hall–Kier alpha value is -2.38. The van der Waals surface area contributed by atoms with Crippen LogP contribution in [0.4, 0.5) is 0 Å². The number of rotatable bonds is 5. The molecule has 2 aromatic rings. The number of allylic oxidation sites excluding steroid dienone is 1. The van der Waals surface area contributed by atoms with E-state index in [0.717, 1.165) is 11.3 Å². The van der Waals surface area contributed by atoms with Crippen LogP contribution in [0, 0.1) is 11.3 Å². The summed E-state index contributed by atoms with van der Waals surface area (Å²) in [6.07, 6.45) is 2.14. The van der Waals surface area contributed by atoms with Gasteiger partial charge < -0.3 is 5.32 Å². The van der Waals surface area contributed by atoms with Gasteiger partial charge in [0.15, 0.2) is 0 Å². The number of carbonyl (C=O) groups is 1. The van der Waals surface area contributed by atoms with Gasteiger partial charge >= 0.3 is 0 Å². The van der Waals surface area contributed by atoms with Crippen molar-refractivity contribution in [2.75, 3.05) is 6.54 Å². The van der Waals surface area contributed by atoms with Crippen molar-refractivity contribution in [2.24, 2.45) is 0 Å². The number of carbonyl (C=O) groups excluding carboxylic acids is 1. The molecule has 1 aromatic heterocycles. The molecule has 0 spiro atoms. The minimum atomic E-state index is -0.231. The van der Waals surface area contributed by atoms with Crippen molar-refractivity contribution in [1.82, 2.24) is 5.32 Å². The maximum Gasteiger partial charge on any atom is 0.245 e. The van der Waals surface area contributed by atoms with Crippen molar-refractivity contribution >= 4 is 22.8 Å². The van der Waals surface area contributed by atoms with Crippen molar-refractivity contribution < 1.29 is 4.79 Å². The number of hydrogen-bond acceptors (Lipinski definition) is 3. The normalized spacial score (nSPS) is 10.8. The van der Waals surface area contributed by atoms with Crippen LogP contribution in [0.5, 0.6) is 0 Å². The smallest absolute Gasteiger partial charge is 0.245 e. The fourth-order valence-corrected chi connectivity index (χ4v) is 2.44. The highest BCUT2D eigenvalue weighted by Gasteiger charge is 2.04. The molecule has 0 aliphatic rings. The average Bonchev–Trinajstić information content (AvgIpc) is 3.00. The van der Waals surface area contributed by atoms with Gasteiger partial charge in [-0.1, -0.05) is 36.4 Å². The van der Waals surface area contributed by atoms with E-state index >= 15 is 0 Å². The molecule has 1 N–H and O–H groups in total. The standard InChI is InChI=1S/C16H14N2OS/c17-12-14(15-7-4-10-20-15)11-16(19)18-9-8-13-5-2-1-3-6-13/h1-7,10-11H,8-9H2,(H,18,19)/b14-11+. The quantitative estimate of drug-likeness (QED) is 0.677. The Balaban J connectivity index is 1.88. The van der Waals surface area contributed by atoms with Gasteiger partial charge in [0.1, 0.15) is 6.07 Å². The highest BCUT2D eigenvalue weighted by Crippen LogP contribution is 2.18. The molecule has 0 unspecified atom stereocenters. The van der Waals surface area contributed by atoms with E-state index in [2.05, 4.69) is 11.4 Å². The maximum atomic E-state index is 11.8. The average molecular weight is 282 g/mol. The molecule has 0 fully saturated rings. The first kappa shape index (κ1) is 14.0. The second-order valence-corrected chi connectivity index (χ2v) is 5.12. The van der Waals surface area contributed by atoms with Gasteiger partial charge in [0.05, 0.1) is 5.57 Å². The number of hydrogen-bond donors (Lipinski definition) is 1. The summed E-state index contributed by atoms with van der Waals surface area (Å²) in [4.78, 5) is 12.6. The van der Waals surface area contributed by atoms with E-state index in [-0.39, 0.29) is 5.91 Å². The second kappa shape index (κ2) is 7.27. The molecule has 0 bridgehead atoms. The molecule has 4 heteroatoms. The van der Waals surface area contributed by atoms with Crippen LogP contribution in [0.1, 0.15) is 10.4 Å². The molecule has 1 aromatic carbocycles. The van der Waals surface area contributed by atoms with Gasteiger partial charge in [-0.2, -0.15) is 5.26 Å². The Bertz CT molecular complexity index is 624. The zero-order valence-corrected chi connectivity index (χ0v) is 11.7. The minimum Gasteiger partial charge on any atom is -0.352 e. The Morgan fingerprint density at radius 2 is 2.05 bits per heavy atom. The molecule has 0 radical (unpaired) electrons. The number of amides is 1. The van der Waals surface area contributed by atoms with Crippen molar-refractivity contribution in [3.63, 3.8) is 0 Å². The molecule has 0 saturated carbocycles. The van der Waals surface area contributed by atoms with Gasteiger partial charge in [-0.3, -0.25) is 4.79 Å². The largest absolute Gasteiger partial charge is 0.352 e. The van der Waals surface area contributed by atoms with E-state index in [1.54, 1.807) is 0 Å². The topological polar surface area (TPSA) is 52.9 Å². The van der Waals surface area contributed by atoms with Crippen LogP contribution in [0.3, 0.4) is 0 Å². The zero-order chi connectivity index (χ0) is 14.2. The molecule has 3 nitrogen and oxygen atoms in total. The van der Waals surface area contributed by atoms with Crippen molar-refractivity contribution in [2.45, 2.75) is 6.42 Å². The van der Waals surface area contributed by atoms with Gasteiger partial charge in [0.25, 0.3) is 0 Å². The zero-order valence-electron chi connectivity index (χ0n) is 10.9. The molecular weight excluding hydrogens is 268 g/mol. The van der Waals surface area contributed by atoms with E-state index in [4.69, 9.17) is 5.26 Å². The van der Waals surface area contributed by atoms with Gasteiger partial charge in [-0.15, -0.1) is 11.3 Å². The van der Waals surface area contributed by atoms with E-state index < -0.39 is 0 Å². The first-order valence-corrected chi connectivity index (χ1v) is 7.15. The predicted molar refractivity (Wildman–Crippen MR) is 81.1 cm³/mol. The Morgan fingerprint density at radius 1 is 1.25 bits per heavy atom. The molecule has 100 valence electrons. The summed E-state index contributed by atoms with van der Waals surface area (Å²) < 4.78 is 0. The number of thiophene rings is 1. The lowest BCUT2D eigenvalue weighted by atomic mass is 10.1. The SMILES string of the molecule is N#C/C(=C\C(=O)NCCc1ccccc1)c1cccs1. The van der Waals surface area contributed by atoms with Crippen LogP contribution in [0.15, 0.2) is 53.9 Å². The second-order valence-electron chi connectivity index (χ2n) is 4.17. The molecule has 2 rings (SSSR count). The third kappa shape index (κ3) is 4.08. The fraction of sp³-hybridized carbons (Fsp3) is 0.125. The number of benzene rings is 1. The van der Waals surface area contributed by atoms with Gasteiger partial charge in [0, 0.05) is 17.5 Å². The Kier molecular flexibility index (Phi) is 5.10. The third-order valence-corrected chi connectivity index (χ3v) is 3.64. The summed E-state index contributed by atoms with van der Waals surface area (Å²) in [6, 6.07) is 15.7. The van der Waals surface area contributed by atoms with Crippen molar-refractivity contribution in [3.05, 3.63) is 64.4 Å². The molecule has 1 amide bonds. The maximum absolute atomic E-state index is 11.8. The van der Waals surface area contributed by atoms with Crippen LogP contribution in [-0.4, -0.2) is 12.5 Å². The summed E-state index contributed by atoms with van der Waals surface area (Å²) >= 11 is 1.45. The molecule has 1 heterocycles. The number of nitrogens with one attached hydrogen (secondary N) is 1. The van der Waals surface area contributed by atoms with Crippen LogP contribution in [-0.2, 0) is 11.2 Å². The minimum absolute atomic E-state index is 0.231. The van der Waals surface area contributed by atoms with Crippen LogP contribution in [0.2, 0.25) is 0 Å². The highest BCUT2D eigenvalue weighted by molar-refractivity contribution is 7.11. The van der Waals surface area contributed by atoms with E-state index in [1.807, 2.05) is 47.8 Å². The van der Waals surface area contributed by atoms with E-state index in [1.165, 1.54) is 23.0 Å². The monoisotopic (exact) mass is 282 g/mol. The Morgan fingerprint density at radius 3 is 2.70 bits per heavy atom. The molecule has 20 heavy (non-hydrogen) atoms. The lowest BCUT2D eigenvalue weighted by molar-refractivity contribution is -0.116. The van der Waals surface area contributed by atoms with Crippen molar-refractivity contribution in [3.8, 4) is 6.07 Å². The highest BCUT2D eigenvalue weighted by atomic mass is 32.1. The molecule has 0 aliphatic carbocycles. The first-order valence-electron chi connectivity index (χ1n) is 6.27. The predicted octanol–water partition coefficient (Wildman–Crippen LogP) is 3.01. The van der Waals surface area contributed by atoms with Gasteiger partial charge in [-0.25, -0.2) is 0 Å². The number of nitrogens with zero attached hydrogens (tertiary/aromatic N) is 1. The van der Waals surface area contributed by atoms with E-state index in [9.17, 15) is 4.79 Å². The molecule has 0 atom stereocenters. The van der Waals surface area contributed by atoms with Gasteiger partial charge in [0.2, 0.25) is 5.91 Å². The van der Waals surface area contributed by atoms with E-state index in [0.29, 0.717) is 12.1 Å². The lowest BCUT2D eigenvalue weighted by Crippen LogP contribution is -2.23. The van der Waals surface area contributed by atoms with Gasteiger partial charge in [-0.05, 0) is 23.4 Å². The summed E-state index contributed by atoms with van der Waals surface area (Å²) in [6.45, 7) is 0.558. The molecule has 0 aliphatic heterocycles.